The fraction of sp³-hybridized carbons (Fsp3) is 0.689. The van der Waals surface area contributed by atoms with Crippen molar-refractivity contribution in [2.75, 3.05) is 19.8 Å². The van der Waals surface area contributed by atoms with Crippen LogP contribution < -0.4 is 0 Å². The second-order valence-corrected chi connectivity index (χ2v) is 14.1. The summed E-state index contributed by atoms with van der Waals surface area (Å²) in [6.45, 7) is 3.20. The van der Waals surface area contributed by atoms with Gasteiger partial charge in [0.25, 0.3) is 0 Å². The number of rotatable bonds is 33. The molecule has 0 saturated carbocycles. The van der Waals surface area contributed by atoms with Crippen molar-refractivity contribution in [1.29, 1.82) is 0 Å². The predicted octanol–water partition coefficient (Wildman–Crippen LogP) is 8.44. The minimum Gasteiger partial charge on any atom is -0.462 e. The number of carbonyl (C=O) groups is 2. The van der Waals surface area contributed by atoms with Crippen LogP contribution in [0.3, 0.4) is 0 Å². The minimum atomic E-state index is -1.61. The summed E-state index contributed by atoms with van der Waals surface area (Å²) in [5, 5.41) is 40.0. The predicted molar refractivity (Wildman–Crippen MR) is 219 cm³/mol. The number of carbonyl (C=O) groups excluding carboxylic acids is 2. The van der Waals surface area contributed by atoms with Gasteiger partial charge in [-0.2, -0.15) is 0 Å². The quantitative estimate of drug-likeness (QED) is 0.0291. The van der Waals surface area contributed by atoms with Gasteiger partial charge < -0.3 is 39.4 Å². The molecule has 6 atom stereocenters. The van der Waals surface area contributed by atoms with Crippen LogP contribution in [-0.2, 0) is 28.5 Å². The molecule has 10 heteroatoms. The monoisotopic (exact) mass is 775 g/mol. The summed E-state index contributed by atoms with van der Waals surface area (Å²) in [5.41, 5.74) is 0. The summed E-state index contributed by atoms with van der Waals surface area (Å²) in [6.07, 6.45) is 36.3. The highest BCUT2D eigenvalue weighted by molar-refractivity contribution is 5.70. The van der Waals surface area contributed by atoms with Gasteiger partial charge >= 0.3 is 11.9 Å². The molecule has 0 radical (unpaired) electrons. The number of ether oxygens (including phenoxy) is 4. The van der Waals surface area contributed by atoms with Gasteiger partial charge in [0.2, 0.25) is 0 Å². The number of hydrogen-bond donors (Lipinski definition) is 4. The largest absolute Gasteiger partial charge is 0.462 e. The van der Waals surface area contributed by atoms with Gasteiger partial charge in [0, 0.05) is 12.8 Å². The zero-order valence-corrected chi connectivity index (χ0v) is 33.9. The van der Waals surface area contributed by atoms with Gasteiger partial charge in [-0.25, -0.2) is 0 Å². The number of aliphatic hydroxyl groups is 4. The molecule has 0 aliphatic carbocycles. The van der Waals surface area contributed by atoms with Crippen molar-refractivity contribution < 1.29 is 49.0 Å². The standard InChI is InChI=1S/C45H74O10/c1-3-5-7-9-11-13-15-17-18-19-20-22-23-25-27-29-31-33-40(47)52-36-38(37-53-45-44(51)43(50)42(49)39(35-46)55-45)54-41(48)34-32-30-28-26-24-21-16-14-12-10-8-6-4-2/h5,7,11,13-14,16-18,20,22,25,27,38-39,42-46,49-51H,3-4,6,8-10,12,15,19,21,23-24,26,28-37H2,1-2H3/b7-5-,13-11-,16-14-,18-17-,22-20-,27-25-/t38-,39-,42+,43+,44-,45-/m1/s1. The maximum Gasteiger partial charge on any atom is 0.306 e. The van der Waals surface area contributed by atoms with Gasteiger partial charge in [-0.3, -0.25) is 9.59 Å². The molecule has 55 heavy (non-hydrogen) atoms. The third kappa shape index (κ3) is 27.4. The van der Waals surface area contributed by atoms with E-state index in [1.165, 1.54) is 25.7 Å². The van der Waals surface area contributed by atoms with Gasteiger partial charge in [-0.05, 0) is 77.0 Å². The number of allylic oxidation sites excluding steroid dienone is 12. The Kier molecular flexibility index (Phi) is 32.4. The van der Waals surface area contributed by atoms with Crippen molar-refractivity contribution in [3.63, 3.8) is 0 Å². The molecule has 1 aliphatic heterocycles. The van der Waals surface area contributed by atoms with Crippen molar-refractivity contribution >= 4 is 11.9 Å². The fourth-order valence-corrected chi connectivity index (χ4v) is 5.75. The Balaban J connectivity index is 2.42. The zero-order valence-electron chi connectivity index (χ0n) is 33.9. The van der Waals surface area contributed by atoms with Crippen LogP contribution in [-0.4, -0.2) is 89.0 Å². The summed E-state index contributed by atoms with van der Waals surface area (Å²) < 4.78 is 22.0. The lowest BCUT2D eigenvalue weighted by Gasteiger charge is -2.39. The lowest BCUT2D eigenvalue weighted by Crippen LogP contribution is -2.59. The Labute approximate surface area is 332 Å². The maximum absolute atomic E-state index is 12.7. The van der Waals surface area contributed by atoms with Crippen LogP contribution in [0.1, 0.15) is 142 Å². The number of aliphatic hydroxyl groups excluding tert-OH is 4. The average molecular weight is 775 g/mol. The van der Waals surface area contributed by atoms with Gasteiger partial charge in [-0.1, -0.05) is 125 Å². The number of unbranched alkanes of at least 4 members (excludes halogenated alkanes) is 10. The molecule has 1 fully saturated rings. The molecule has 314 valence electrons. The molecule has 0 amide bonds. The van der Waals surface area contributed by atoms with E-state index in [2.05, 4.69) is 80.7 Å². The maximum atomic E-state index is 12.7. The first kappa shape index (κ1) is 50.2. The molecule has 0 bridgehead atoms. The second-order valence-electron chi connectivity index (χ2n) is 14.1. The van der Waals surface area contributed by atoms with Crippen LogP contribution in [0.4, 0.5) is 0 Å². The first-order valence-corrected chi connectivity index (χ1v) is 21.0. The van der Waals surface area contributed by atoms with Crippen LogP contribution >= 0.6 is 0 Å². The minimum absolute atomic E-state index is 0.192. The first-order valence-electron chi connectivity index (χ1n) is 21.0. The highest BCUT2D eigenvalue weighted by Gasteiger charge is 2.44. The molecule has 0 aromatic carbocycles. The topological polar surface area (TPSA) is 152 Å². The van der Waals surface area contributed by atoms with Gasteiger partial charge in [0.1, 0.15) is 31.0 Å². The lowest BCUT2D eigenvalue weighted by molar-refractivity contribution is -0.305. The highest BCUT2D eigenvalue weighted by atomic mass is 16.7. The summed E-state index contributed by atoms with van der Waals surface area (Å²) in [4.78, 5) is 25.2. The molecule has 0 aromatic rings. The highest BCUT2D eigenvalue weighted by Crippen LogP contribution is 2.22. The zero-order chi connectivity index (χ0) is 40.2. The molecule has 0 spiro atoms. The van der Waals surface area contributed by atoms with E-state index < -0.39 is 55.4 Å². The third-order valence-electron chi connectivity index (χ3n) is 9.08. The SMILES string of the molecule is CC/C=C\C/C=C\C/C=C\C/C=C\C/C=C\CCCC(=O)OC[C@H](CO[C@@H]1O[C@H](CO)[C@H](O)[C@H](O)[C@H]1O)OC(=O)CCCCCCC/C=C\CCCCCC. The molecule has 1 heterocycles. The number of esters is 2. The fourth-order valence-electron chi connectivity index (χ4n) is 5.75. The molecule has 0 aromatic heterocycles. The molecule has 1 saturated heterocycles. The molecular weight excluding hydrogens is 700 g/mol. The smallest absolute Gasteiger partial charge is 0.306 e. The second kappa shape index (κ2) is 35.5. The van der Waals surface area contributed by atoms with E-state index in [0.717, 1.165) is 77.0 Å². The summed E-state index contributed by atoms with van der Waals surface area (Å²) >= 11 is 0. The summed E-state index contributed by atoms with van der Waals surface area (Å²) in [5.74, 6) is -0.893. The van der Waals surface area contributed by atoms with Crippen LogP contribution in [0.15, 0.2) is 72.9 Å². The van der Waals surface area contributed by atoms with E-state index in [1.54, 1.807) is 0 Å². The summed E-state index contributed by atoms with van der Waals surface area (Å²) in [7, 11) is 0. The molecule has 0 unspecified atom stereocenters. The van der Waals surface area contributed by atoms with Gasteiger partial charge in [0.15, 0.2) is 12.4 Å². The normalized spacial score (nSPS) is 21.3. The van der Waals surface area contributed by atoms with Crippen LogP contribution in [0.5, 0.6) is 0 Å². The van der Waals surface area contributed by atoms with E-state index in [-0.39, 0.29) is 26.1 Å². The van der Waals surface area contributed by atoms with E-state index in [0.29, 0.717) is 12.8 Å². The van der Waals surface area contributed by atoms with E-state index in [1.807, 2.05) is 6.08 Å². The van der Waals surface area contributed by atoms with E-state index in [9.17, 15) is 30.0 Å². The van der Waals surface area contributed by atoms with Crippen molar-refractivity contribution in [2.24, 2.45) is 0 Å². The Morgan fingerprint density at radius 1 is 0.582 bits per heavy atom. The Morgan fingerprint density at radius 2 is 1.09 bits per heavy atom. The Hall–Kier alpha value is -2.86. The lowest BCUT2D eigenvalue weighted by atomic mass is 9.99. The molecule has 1 rings (SSSR count). The van der Waals surface area contributed by atoms with Crippen molar-refractivity contribution in [3.8, 4) is 0 Å². The first-order chi connectivity index (χ1) is 26.8. The van der Waals surface area contributed by atoms with Crippen molar-refractivity contribution in [3.05, 3.63) is 72.9 Å². The van der Waals surface area contributed by atoms with Gasteiger partial charge in [0.05, 0.1) is 13.2 Å². The number of hydrogen-bond acceptors (Lipinski definition) is 10. The Bertz CT molecular complexity index is 1120. The average Bonchev–Trinajstić information content (AvgIpc) is 3.18. The van der Waals surface area contributed by atoms with Crippen LogP contribution in [0, 0.1) is 0 Å². The third-order valence-corrected chi connectivity index (χ3v) is 9.08. The summed E-state index contributed by atoms with van der Waals surface area (Å²) in [6, 6.07) is 0. The molecular formula is C45H74O10. The van der Waals surface area contributed by atoms with E-state index >= 15 is 0 Å². The van der Waals surface area contributed by atoms with Gasteiger partial charge in [-0.15, -0.1) is 0 Å². The molecule has 10 nitrogen and oxygen atoms in total. The van der Waals surface area contributed by atoms with E-state index in [4.69, 9.17) is 18.9 Å². The van der Waals surface area contributed by atoms with Crippen molar-refractivity contribution in [2.45, 2.75) is 179 Å². The van der Waals surface area contributed by atoms with Crippen LogP contribution in [0.25, 0.3) is 0 Å². The van der Waals surface area contributed by atoms with Crippen LogP contribution in [0.2, 0.25) is 0 Å². The Morgan fingerprint density at radius 3 is 1.69 bits per heavy atom. The molecule has 1 aliphatic rings. The van der Waals surface area contributed by atoms with Crippen molar-refractivity contribution in [1.82, 2.24) is 0 Å². The molecule has 4 N–H and O–H groups in total.